The van der Waals surface area contributed by atoms with Crippen LogP contribution < -0.4 is 14.8 Å². The van der Waals surface area contributed by atoms with Gasteiger partial charge in [-0.1, -0.05) is 45.9 Å². The average molecular weight is 539 g/mol. The van der Waals surface area contributed by atoms with Gasteiger partial charge in [0.05, 0.1) is 11.3 Å². The van der Waals surface area contributed by atoms with Crippen LogP contribution in [0.3, 0.4) is 0 Å². The van der Waals surface area contributed by atoms with Gasteiger partial charge in [0.15, 0.2) is 22.5 Å². The molecule has 0 fully saturated rings. The molecule has 0 aliphatic carbocycles. The van der Waals surface area contributed by atoms with Crippen LogP contribution in [-0.4, -0.2) is 44.7 Å². The van der Waals surface area contributed by atoms with Crippen molar-refractivity contribution in [3.05, 3.63) is 71.2 Å². The van der Waals surface area contributed by atoms with Gasteiger partial charge in [0.1, 0.15) is 19.0 Å². The normalized spacial score (nSPS) is 12.4. The van der Waals surface area contributed by atoms with Crippen LogP contribution >= 0.6 is 27.7 Å². The predicted octanol–water partition coefficient (Wildman–Crippen LogP) is 4.90. The summed E-state index contributed by atoms with van der Waals surface area (Å²) in [6.07, 6.45) is 0. The smallest absolute Gasteiger partial charge is 0.234 e. The van der Waals surface area contributed by atoms with E-state index in [0.717, 1.165) is 10.2 Å². The Bertz CT molecular complexity index is 1350. The highest BCUT2D eigenvalue weighted by molar-refractivity contribution is 9.10. The molecule has 0 bridgehead atoms. The largest absolute Gasteiger partial charge is 0.507 e. The van der Waals surface area contributed by atoms with E-state index in [1.807, 2.05) is 34.9 Å². The molecule has 2 heterocycles. The first-order valence-electron chi connectivity index (χ1n) is 10.4. The van der Waals surface area contributed by atoms with Crippen LogP contribution in [0.4, 0.5) is 5.69 Å². The number of hydrogen-bond donors (Lipinski definition) is 2. The fourth-order valence-corrected chi connectivity index (χ4v) is 4.60. The Labute approximate surface area is 208 Å². The number of aromatic hydroxyl groups is 1. The second-order valence-corrected chi connectivity index (χ2v) is 9.19. The Kier molecular flexibility index (Phi) is 6.41. The van der Waals surface area contributed by atoms with Gasteiger partial charge < -0.3 is 19.9 Å². The monoisotopic (exact) mass is 538 g/mol. The number of benzene rings is 3. The Hall–Kier alpha value is -3.50. The SMILES string of the molecule is O=C(CSc1nnc(-c2cc(Br)ccc2O)n1-c1ccccc1)Nc1ccc2c(c1)OCCO2. The zero-order valence-electron chi connectivity index (χ0n) is 17.8. The predicted molar refractivity (Wildman–Crippen MR) is 133 cm³/mol. The van der Waals surface area contributed by atoms with E-state index in [2.05, 4.69) is 31.4 Å². The number of thioether (sulfide) groups is 1. The van der Waals surface area contributed by atoms with E-state index < -0.39 is 0 Å². The minimum atomic E-state index is -0.198. The molecule has 10 heteroatoms. The summed E-state index contributed by atoms with van der Waals surface area (Å²) in [7, 11) is 0. The minimum Gasteiger partial charge on any atom is -0.507 e. The zero-order valence-corrected chi connectivity index (χ0v) is 20.2. The molecule has 0 radical (unpaired) electrons. The third kappa shape index (κ3) is 4.73. The summed E-state index contributed by atoms with van der Waals surface area (Å²) in [6, 6.07) is 20.0. The lowest BCUT2D eigenvalue weighted by Crippen LogP contribution is -2.17. The van der Waals surface area contributed by atoms with Crippen molar-refractivity contribution in [1.29, 1.82) is 0 Å². The maximum absolute atomic E-state index is 12.7. The van der Waals surface area contributed by atoms with E-state index in [9.17, 15) is 9.90 Å². The lowest BCUT2D eigenvalue weighted by atomic mass is 10.2. The number of phenols is 1. The number of aromatic nitrogens is 3. The van der Waals surface area contributed by atoms with Gasteiger partial charge in [0.25, 0.3) is 0 Å². The summed E-state index contributed by atoms with van der Waals surface area (Å²) in [4.78, 5) is 12.7. The second kappa shape index (κ2) is 9.78. The molecule has 2 N–H and O–H groups in total. The van der Waals surface area contributed by atoms with E-state index in [1.54, 1.807) is 36.4 Å². The van der Waals surface area contributed by atoms with E-state index in [4.69, 9.17) is 9.47 Å². The van der Waals surface area contributed by atoms with Crippen molar-refractivity contribution >= 4 is 39.3 Å². The van der Waals surface area contributed by atoms with Crippen molar-refractivity contribution in [2.45, 2.75) is 5.16 Å². The Morgan fingerprint density at radius 2 is 1.82 bits per heavy atom. The number of nitrogens with one attached hydrogen (secondary N) is 1. The van der Waals surface area contributed by atoms with Crippen molar-refractivity contribution < 1.29 is 19.4 Å². The molecule has 0 saturated carbocycles. The Morgan fingerprint density at radius 1 is 1.03 bits per heavy atom. The summed E-state index contributed by atoms with van der Waals surface area (Å²) in [6.45, 7) is 0.989. The van der Waals surface area contributed by atoms with Crippen LogP contribution in [0, 0.1) is 0 Å². The number of phenolic OH excluding ortho intramolecular Hbond substituents is 1. The molecule has 0 saturated heterocycles. The third-order valence-electron chi connectivity index (χ3n) is 5.01. The zero-order chi connectivity index (χ0) is 23.5. The number of carbonyl (C=O) groups is 1. The highest BCUT2D eigenvalue weighted by Gasteiger charge is 2.20. The van der Waals surface area contributed by atoms with Crippen LogP contribution in [0.1, 0.15) is 0 Å². The Morgan fingerprint density at radius 3 is 2.65 bits per heavy atom. The molecule has 172 valence electrons. The van der Waals surface area contributed by atoms with E-state index in [1.165, 1.54) is 11.8 Å². The first kappa shape index (κ1) is 22.3. The number of rotatable bonds is 6. The third-order valence-corrected chi connectivity index (χ3v) is 6.43. The number of para-hydroxylation sites is 1. The molecule has 4 aromatic rings. The molecule has 5 rings (SSSR count). The quantitative estimate of drug-likeness (QED) is 0.336. The molecule has 0 unspecified atom stereocenters. The first-order chi connectivity index (χ1) is 16.6. The number of halogens is 1. The fraction of sp³-hybridized carbons (Fsp3) is 0.125. The summed E-state index contributed by atoms with van der Waals surface area (Å²) < 4.78 is 13.7. The maximum atomic E-state index is 12.7. The molecule has 1 aliphatic rings. The number of hydrogen-bond acceptors (Lipinski definition) is 7. The topological polar surface area (TPSA) is 98.5 Å². The van der Waals surface area contributed by atoms with Gasteiger partial charge in [-0.3, -0.25) is 9.36 Å². The lowest BCUT2D eigenvalue weighted by Gasteiger charge is -2.19. The summed E-state index contributed by atoms with van der Waals surface area (Å²) >= 11 is 4.69. The minimum absolute atomic E-state index is 0.0840. The van der Waals surface area contributed by atoms with Gasteiger partial charge in [0.2, 0.25) is 5.91 Å². The number of carbonyl (C=O) groups excluding carboxylic acids is 1. The van der Waals surface area contributed by atoms with Crippen LogP contribution in [-0.2, 0) is 4.79 Å². The molecule has 3 aromatic carbocycles. The molecule has 1 aliphatic heterocycles. The van der Waals surface area contributed by atoms with Gasteiger partial charge in [-0.2, -0.15) is 0 Å². The molecular formula is C24H19BrN4O4S. The number of ether oxygens (including phenoxy) is 2. The van der Waals surface area contributed by atoms with Crippen molar-refractivity contribution in [2.24, 2.45) is 0 Å². The summed E-state index contributed by atoms with van der Waals surface area (Å²) in [5, 5.41) is 22.5. The molecule has 34 heavy (non-hydrogen) atoms. The van der Waals surface area contributed by atoms with Gasteiger partial charge in [-0.25, -0.2) is 0 Å². The average Bonchev–Trinajstić information content (AvgIpc) is 3.28. The van der Waals surface area contributed by atoms with Crippen LogP contribution in [0.2, 0.25) is 0 Å². The first-order valence-corrected chi connectivity index (χ1v) is 12.2. The maximum Gasteiger partial charge on any atom is 0.234 e. The molecule has 1 aromatic heterocycles. The highest BCUT2D eigenvalue weighted by atomic mass is 79.9. The molecule has 8 nitrogen and oxygen atoms in total. The summed E-state index contributed by atoms with van der Waals surface area (Å²) in [5.74, 6) is 1.75. The Balaban J connectivity index is 1.38. The number of anilines is 1. The van der Waals surface area contributed by atoms with Crippen molar-refractivity contribution in [2.75, 3.05) is 24.3 Å². The molecule has 0 spiro atoms. The van der Waals surface area contributed by atoms with Gasteiger partial charge >= 0.3 is 0 Å². The van der Waals surface area contributed by atoms with Gasteiger partial charge in [-0.05, 0) is 42.5 Å². The standard InChI is InChI=1S/C24H19BrN4O4S/c25-15-6-8-19(30)18(12-15)23-27-28-24(29(23)17-4-2-1-3-5-17)34-14-22(31)26-16-7-9-20-21(13-16)33-11-10-32-20/h1-9,12-13,30H,10-11,14H2,(H,26,31). The number of fused-ring (bicyclic) bond motifs is 1. The highest BCUT2D eigenvalue weighted by Crippen LogP contribution is 2.35. The van der Waals surface area contributed by atoms with E-state index >= 15 is 0 Å². The second-order valence-electron chi connectivity index (χ2n) is 7.33. The van der Waals surface area contributed by atoms with Crippen molar-refractivity contribution in [1.82, 2.24) is 14.8 Å². The number of amides is 1. The molecular weight excluding hydrogens is 520 g/mol. The molecule has 1 amide bonds. The van der Waals surface area contributed by atoms with Crippen LogP contribution in [0.25, 0.3) is 17.1 Å². The lowest BCUT2D eigenvalue weighted by molar-refractivity contribution is -0.113. The number of nitrogens with zero attached hydrogens (tertiary/aromatic N) is 3. The van der Waals surface area contributed by atoms with Gasteiger partial charge in [-0.15, -0.1) is 10.2 Å². The molecule has 0 atom stereocenters. The fourth-order valence-electron chi connectivity index (χ4n) is 3.48. The van der Waals surface area contributed by atoms with Crippen molar-refractivity contribution in [3.8, 4) is 34.3 Å². The van der Waals surface area contributed by atoms with Crippen LogP contribution in [0.5, 0.6) is 17.2 Å². The van der Waals surface area contributed by atoms with E-state index in [0.29, 0.717) is 46.9 Å². The van der Waals surface area contributed by atoms with Gasteiger partial charge in [0, 0.05) is 21.9 Å². The van der Waals surface area contributed by atoms with Crippen LogP contribution in [0.15, 0.2) is 76.4 Å². The summed E-state index contributed by atoms with van der Waals surface area (Å²) in [5.41, 5.74) is 1.97. The van der Waals surface area contributed by atoms with Crippen molar-refractivity contribution in [3.63, 3.8) is 0 Å². The van der Waals surface area contributed by atoms with E-state index in [-0.39, 0.29) is 17.4 Å².